The molecule has 1 amide bonds. The maximum absolute atomic E-state index is 11.8. The number of amides is 1. The van der Waals surface area contributed by atoms with Gasteiger partial charge in [0.25, 0.3) is 5.91 Å². The molecule has 100 valence electrons. The second-order valence-electron chi connectivity index (χ2n) is 5.43. The summed E-state index contributed by atoms with van der Waals surface area (Å²) in [5.74, 6) is 5.38. The van der Waals surface area contributed by atoms with Gasteiger partial charge in [-0.3, -0.25) is 15.1 Å². The summed E-state index contributed by atoms with van der Waals surface area (Å²) >= 11 is 0. The van der Waals surface area contributed by atoms with Gasteiger partial charge in [-0.1, -0.05) is 13.8 Å². The van der Waals surface area contributed by atoms with Crippen LogP contribution in [0, 0.1) is 5.92 Å². The molecule has 1 fully saturated rings. The highest BCUT2D eigenvalue weighted by Gasteiger charge is 2.37. The van der Waals surface area contributed by atoms with Gasteiger partial charge < -0.3 is 4.74 Å². The molecular formula is C12H25N3O2. The van der Waals surface area contributed by atoms with Crippen LogP contribution in [0.25, 0.3) is 0 Å². The van der Waals surface area contributed by atoms with E-state index in [-0.39, 0.29) is 23.5 Å². The Hall–Kier alpha value is -0.650. The standard InChI is InChI=1S/C12H25N3O2/c1-9(2)10(11(16)14-13)15-7-5-6-12(3,8-15)17-4/h9-10H,5-8,13H2,1-4H3,(H,14,16). The van der Waals surface area contributed by atoms with Gasteiger partial charge in [0.2, 0.25) is 0 Å². The first-order valence-electron chi connectivity index (χ1n) is 6.23. The van der Waals surface area contributed by atoms with E-state index in [1.165, 1.54) is 0 Å². The molecule has 1 aliphatic rings. The summed E-state index contributed by atoms with van der Waals surface area (Å²) in [6, 6.07) is -0.172. The van der Waals surface area contributed by atoms with E-state index in [1.54, 1.807) is 7.11 Å². The van der Waals surface area contributed by atoms with Crippen LogP contribution in [0.2, 0.25) is 0 Å². The quantitative estimate of drug-likeness (QED) is 0.429. The highest BCUT2D eigenvalue weighted by atomic mass is 16.5. The number of nitrogens with one attached hydrogen (secondary N) is 1. The highest BCUT2D eigenvalue weighted by molar-refractivity contribution is 5.81. The zero-order valence-electron chi connectivity index (χ0n) is 11.3. The first kappa shape index (κ1) is 14.4. The van der Waals surface area contributed by atoms with Crippen molar-refractivity contribution in [3.05, 3.63) is 0 Å². The normalized spacial score (nSPS) is 28.1. The zero-order chi connectivity index (χ0) is 13.1. The van der Waals surface area contributed by atoms with E-state index in [1.807, 2.05) is 13.8 Å². The summed E-state index contributed by atoms with van der Waals surface area (Å²) < 4.78 is 5.55. The van der Waals surface area contributed by atoms with Crippen LogP contribution < -0.4 is 11.3 Å². The van der Waals surface area contributed by atoms with Crippen molar-refractivity contribution in [3.63, 3.8) is 0 Å². The lowest BCUT2D eigenvalue weighted by molar-refractivity contribution is -0.132. The molecular weight excluding hydrogens is 218 g/mol. The molecule has 1 aliphatic heterocycles. The summed E-state index contributed by atoms with van der Waals surface area (Å²) in [7, 11) is 1.73. The maximum atomic E-state index is 11.8. The number of hydrogen-bond acceptors (Lipinski definition) is 4. The molecule has 1 heterocycles. The van der Waals surface area contributed by atoms with Gasteiger partial charge in [0, 0.05) is 13.7 Å². The van der Waals surface area contributed by atoms with E-state index in [4.69, 9.17) is 10.6 Å². The first-order valence-corrected chi connectivity index (χ1v) is 6.23. The van der Waals surface area contributed by atoms with E-state index < -0.39 is 0 Å². The molecule has 1 rings (SSSR count). The molecule has 0 aromatic rings. The summed E-state index contributed by atoms with van der Waals surface area (Å²) in [6.45, 7) is 7.88. The van der Waals surface area contributed by atoms with E-state index >= 15 is 0 Å². The minimum Gasteiger partial charge on any atom is -0.377 e. The number of methoxy groups -OCH3 is 1. The Balaban J connectivity index is 2.78. The lowest BCUT2D eigenvalue weighted by atomic mass is 9.91. The Morgan fingerprint density at radius 3 is 2.65 bits per heavy atom. The van der Waals surface area contributed by atoms with Gasteiger partial charge in [0.15, 0.2) is 0 Å². The van der Waals surface area contributed by atoms with Crippen LogP contribution in [0.3, 0.4) is 0 Å². The summed E-state index contributed by atoms with van der Waals surface area (Å²) in [5, 5.41) is 0. The van der Waals surface area contributed by atoms with E-state index in [2.05, 4.69) is 17.2 Å². The zero-order valence-corrected chi connectivity index (χ0v) is 11.3. The molecule has 5 heteroatoms. The lowest BCUT2D eigenvalue weighted by Gasteiger charge is -2.43. The molecule has 17 heavy (non-hydrogen) atoms. The van der Waals surface area contributed by atoms with Crippen LogP contribution in [0.1, 0.15) is 33.6 Å². The van der Waals surface area contributed by atoms with Crippen molar-refractivity contribution in [2.24, 2.45) is 11.8 Å². The predicted molar refractivity (Wildman–Crippen MR) is 67.2 cm³/mol. The van der Waals surface area contributed by atoms with Crippen LogP contribution in [-0.4, -0.2) is 42.6 Å². The molecule has 0 radical (unpaired) electrons. The van der Waals surface area contributed by atoms with Crippen molar-refractivity contribution in [2.75, 3.05) is 20.2 Å². The third kappa shape index (κ3) is 3.40. The summed E-state index contributed by atoms with van der Waals surface area (Å²) in [4.78, 5) is 14.0. The summed E-state index contributed by atoms with van der Waals surface area (Å²) in [6.07, 6.45) is 2.08. The molecule has 2 atom stereocenters. The number of piperidine rings is 1. The second-order valence-corrected chi connectivity index (χ2v) is 5.43. The van der Waals surface area contributed by atoms with Crippen LogP contribution in [0.15, 0.2) is 0 Å². The van der Waals surface area contributed by atoms with Crippen molar-refractivity contribution >= 4 is 5.91 Å². The number of hydrogen-bond donors (Lipinski definition) is 2. The number of carbonyl (C=O) groups is 1. The number of nitrogens with two attached hydrogens (primary N) is 1. The Morgan fingerprint density at radius 1 is 1.53 bits per heavy atom. The Kier molecular flexibility index (Phi) is 4.91. The molecule has 0 spiro atoms. The molecule has 0 saturated carbocycles. The van der Waals surface area contributed by atoms with Gasteiger partial charge >= 0.3 is 0 Å². The van der Waals surface area contributed by atoms with Crippen molar-refractivity contribution in [1.82, 2.24) is 10.3 Å². The number of carbonyl (C=O) groups excluding carboxylic acids is 1. The molecule has 2 unspecified atom stereocenters. The van der Waals surface area contributed by atoms with Gasteiger partial charge in [0.05, 0.1) is 11.6 Å². The lowest BCUT2D eigenvalue weighted by Crippen LogP contribution is -2.58. The molecule has 3 N–H and O–H groups in total. The second kappa shape index (κ2) is 5.80. The highest BCUT2D eigenvalue weighted by Crippen LogP contribution is 2.27. The van der Waals surface area contributed by atoms with Crippen LogP contribution in [0.4, 0.5) is 0 Å². The fourth-order valence-corrected chi connectivity index (χ4v) is 2.62. The Labute approximate surface area is 104 Å². The Morgan fingerprint density at radius 2 is 2.18 bits per heavy atom. The molecule has 1 saturated heterocycles. The average molecular weight is 243 g/mol. The molecule has 5 nitrogen and oxygen atoms in total. The van der Waals surface area contributed by atoms with Crippen molar-refractivity contribution < 1.29 is 9.53 Å². The van der Waals surface area contributed by atoms with Crippen LogP contribution >= 0.6 is 0 Å². The van der Waals surface area contributed by atoms with Gasteiger partial charge in [-0.25, -0.2) is 5.84 Å². The third-order valence-electron chi connectivity index (χ3n) is 3.62. The number of nitrogens with zero attached hydrogens (tertiary/aromatic N) is 1. The topological polar surface area (TPSA) is 67.6 Å². The monoisotopic (exact) mass is 243 g/mol. The van der Waals surface area contributed by atoms with Crippen molar-refractivity contribution in [3.8, 4) is 0 Å². The van der Waals surface area contributed by atoms with E-state index in [0.717, 1.165) is 25.9 Å². The van der Waals surface area contributed by atoms with Crippen LogP contribution in [-0.2, 0) is 9.53 Å². The van der Waals surface area contributed by atoms with E-state index in [9.17, 15) is 4.79 Å². The maximum Gasteiger partial charge on any atom is 0.251 e. The Bertz CT molecular complexity index is 270. The number of ether oxygens (including phenoxy) is 1. The van der Waals surface area contributed by atoms with Crippen molar-refractivity contribution in [2.45, 2.75) is 45.3 Å². The molecule has 0 aromatic carbocycles. The van der Waals surface area contributed by atoms with Gasteiger partial charge in [0.1, 0.15) is 0 Å². The predicted octanol–water partition coefficient (Wildman–Crippen LogP) is 0.502. The molecule has 0 aromatic heterocycles. The number of likely N-dealkylation sites (tertiary alicyclic amines) is 1. The minimum absolute atomic E-state index is 0.111. The van der Waals surface area contributed by atoms with Gasteiger partial charge in [-0.2, -0.15) is 0 Å². The minimum atomic E-state index is -0.172. The largest absolute Gasteiger partial charge is 0.377 e. The smallest absolute Gasteiger partial charge is 0.251 e. The van der Waals surface area contributed by atoms with Crippen molar-refractivity contribution in [1.29, 1.82) is 0 Å². The fourth-order valence-electron chi connectivity index (χ4n) is 2.62. The van der Waals surface area contributed by atoms with Gasteiger partial charge in [-0.15, -0.1) is 0 Å². The fraction of sp³-hybridized carbons (Fsp3) is 0.917. The number of rotatable bonds is 4. The molecule has 0 bridgehead atoms. The van der Waals surface area contributed by atoms with Gasteiger partial charge in [-0.05, 0) is 32.2 Å². The van der Waals surface area contributed by atoms with E-state index in [0.29, 0.717) is 0 Å². The third-order valence-corrected chi connectivity index (χ3v) is 3.62. The summed E-state index contributed by atoms with van der Waals surface area (Å²) in [5.41, 5.74) is 2.12. The van der Waals surface area contributed by atoms with Crippen LogP contribution in [0.5, 0.6) is 0 Å². The number of hydrazine groups is 1. The average Bonchev–Trinajstić information content (AvgIpc) is 2.28. The first-order chi connectivity index (χ1) is 7.93. The SMILES string of the molecule is COC1(C)CCCN(C(C(=O)NN)C(C)C)C1. The molecule has 0 aliphatic carbocycles.